The molecule has 4 nitrogen and oxygen atoms in total. The molecule has 2 rings (SSSR count). The number of benzene rings is 2. The summed E-state index contributed by atoms with van der Waals surface area (Å²) >= 11 is 5.65. The lowest BCUT2D eigenvalue weighted by Crippen LogP contribution is -2.15. The Morgan fingerprint density at radius 2 is 1.65 bits per heavy atom. The summed E-state index contributed by atoms with van der Waals surface area (Å²) in [6, 6.07) is 7.07. The summed E-state index contributed by atoms with van der Waals surface area (Å²) in [7, 11) is -4.09. The standard InChI is InChI=1S/C12H9ClF2N2O2S/c13-7-1-3-8(4-2-7)20(18,19)17-12-10(16)6-5-9(14)11(12)15/h1-6,17H,16H2. The largest absolute Gasteiger partial charge is 0.397 e. The molecule has 0 amide bonds. The molecule has 0 saturated carbocycles. The molecule has 2 aromatic carbocycles. The van der Waals surface area contributed by atoms with Crippen molar-refractivity contribution in [2.45, 2.75) is 4.90 Å². The molecule has 0 heterocycles. The van der Waals surface area contributed by atoms with Crippen molar-refractivity contribution in [3.63, 3.8) is 0 Å². The predicted octanol–water partition coefficient (Wildman–Crippen LogP) is 3.00. The van der Waals surface area contributed by atoms with E-state index in [0.29, 0.717) is 5.02 Å². The Kier molecular flexibility index (Phi) is 3.82. The summed E-state index contributed by atoms with van der Waals surface area (Å²) in [5.41, 5.74) is 4.60. The number of hydrogen-bond acceptors (Lipinski definition) is 3. The van der Waals surface area contributed by atoms with Crippen LogP contribution in [0.4, 0.5) is 20.2 Å². The summed E-state index contributed by atoms with van der Waals surface area (Å²) in [5, 5.41) is 0.348. The topological polar surface area (TPSA) is 72.2 Å². The molecule has 0 bridgehead atoms. The molecule has 0 spiro atoms. The van der Waals surface area contributed by atoms with Crippen LogP contribution in [0.1, 0.15) is 0 Å². The minimum Gasteiger partial charge on any atom is -0.397 e. The van der Waals surface area contributed by atoms with Crippen LogP contribution in [0.2, 0.25) is 5.02 Å². The number of halogens is 3. The molecule has 0 fully saturated rings. The van der Waals surface area contributed by atoms with Crippen molar-refractivity contribution >= 4 is 33.0 Å². The van der Waals surface area contributed by atoms with Crippen LogP contribution < -0.4 is 10.5 Å². The van der Waals surface area contributed by atoms with Crippen molar-refractivity contribution in [1.82, 2.24) is 0 Å². The van der Waals surface area contributed by atoms with E-state index in [1.807, 2.05) is 4.72 Å². The second-order valence-corrected chi connectivity index (χ2v) is 6.00. The summed E-state index contributed by atoms with van der Waals surface area (Å²) in [6.07, 6.45) is 0. The number of sulfonamides is 1. The quantitative estimate of drug-likeness (QED) is 0.854. The van der Waals surface area contributed by atoms with Gasteiger partial charge in [-0.25, -0.2) is 17.2 Å². The van der Waals surface area contributed by atoms with Gasteiger partial charge in [0, 0.05) is 5.02 Å². The number of nitrogens with two attached hydrogens (primary N) is 1. The van der Waals surface area contributed by atoms with Gasteiger partial charge in [-0.05, 0) is 36.4 Å². The molecule has 0 radical (unpaired) electrons. The molecule has 106 valence electrons. The average molecular weight is 319 g/mol. The zero-order valence-corrected chi connectivity index (χ0v) is 11.5. The first-order valence-corrected chi connectivity index (χ1v) is 7.19. The number of nitrogens with one attached hydrogen (secondary N) is 1. The van der Waals surface area contributed by atoms with Crippen molar-refractivity contribution in [2.24, 2.45) is 0 Å². The normalized spacial score (nSPS) is 11.3. The molecule has 3 N–H and O–H groups in total. The highest BCUT2D eigenvalue weighted by atomic mass is 35.5. The highest BCUT2D eigenvalue weighted by Crippen LogP contribution is 2.27. The van der Waals surface area contributed by atoms with Crippen LogP contribution in [0, 0.1) is 11.6 Å². The fourth-order valence-electron chi connectivity index (χ4n) is 1.48. The van der Waals surface area contributed by atoms with Gasteiger partial charge in [-0.2, -0.15) is 0 Å². The molecule has 0 aliphatic carbocycles. The third-order valence-electron chi connectivity index (χ3n) is 2.49. The van der Waals surface area contributed by atoms with E-state index in [0.717, 1.165) is 12.1 Å². The van der Waals surface area contributed by atoms with E-state index in [1.165, 1.54) is 24.3 Å². The Hall–Kier alpha value is -1.86. The average Bonchev–Trinajstić information content (AvgIpc) is 2.40. The molecule has 0 aliphatic heterocycles. The van der Waals surface area contributed by atoms with Crippen molar-refractivity contribution in [1.29, 1.82) is 0 Å². The first-order valence-electron chi connectivity index (χ1n) is 5.33. The summed E-state index contributed by atoms with van der Waals surface area (Å²) < 4.78 is 52.7. The van der Waals surface area contributed by atoms with Crippen LogP contribution in [0.3, 0.4) is 0 Å². The van der Waals surface area contributed by atoms with Gasteiger partial charge in [0.05, 0.1) is 10.6 Å². The zero-order chi connectivity index (χ0) is 14.9. The van der Waals surface area contributed by atoms with Gasteiger partial charge in [-0.15, -0.1) is 0 Å². The van der Waals surface area contributed by atoms with Gasteiger partial charge >= 0.3 is 0 Å². The van der Waals surface area contributed by atoms with Crippen molar-refractivity contribution in [3.8, 4) is 0 Å². The zero-order valence-electron chi connectivity index (χ0n) is 9.90. The molecule has 8 heteroatoms. The molecule has 0 saturated heterocycles. The van der Waals surface area contributed by atoms with Crippen LogP contribution in [-0.4, -0.2) is 8.42 Å². The fraction of sp³-hybridized carbons (Fsp3) is 0. The lowest BCUT2D eigenvalue weighted by molar-refractivity contribution is 0.512. The molecular weight excluding hydrogens is 310 g/mol. The van der Waals surface area contributed by atoms with E-state index >= 15 is 0 Å². The predicted molar refractivity (Wildman–Crippen MR) is 73.0 cm³/mol. The molecule has 0 aliphatic rings. The number of hydrogen-bond donors (Lipinski definition) is 2. The highest BCUT2D eigenvalue weighted by Gasteiger charge is 2.20. The van der Waals surface area contributed by atoms with Crippen molar-refractivity contribution < 1.29 is 17.2 Å². The lowest BCUT2D eigenvalue weighted by atomic mass is 10.2. The number of nitrogen functional groups attached to an aromatic ring is 1. The number of anilines is 2. The first kappa shape index (κ1) is 14.5. The third-order valence-corrected chi connectivity index (χ3v) is 4.11. The minimum atomic E-state index is -4.09. The summed E-state index contributed by atoms with van der Waals surface area (Å²) in [4.78, 5) is -0.148. The van der Waals surface area contributed by atoms with E-state index in [9.17, 15) is 17.2 Å². The Labute approximate surface area is 119 Å². The SMILES string of the molecule is Nc1ccc(F)c(F)c1NS(=O)(=O)c1ccc(Cl)cc1. The minimum absolute atomic E-state index is 0.148. The van der Waals surface area contributed by atoms with Crippen molar-refractivity contribution in [3.05, 3.63) is 53.1 Å². The van der Waals surface area contributed by atoms with E-state index < -0.39 is 27.3 Å². The van der Waals surface area contributed by atoms with Crippen LogP contribution in [0.5, 0.6) is 0 Å². The molecule has 0 atom stereocenters. The lowest BCUT2D eigenvalue weighted by Gasteiger charge is -2.11. The maximum atomic E-state index is 13.6. The van der Waals surface area contributed by atoms with Gasteiger partial charge in [0.25, 0.3) is 10.0 Å². The molecular formula is C12H9ClF2N2O2S. The maximum absolute atomic E-state index is 13.6. The molecule has 20 heavy (non-hydrogen) atoms. The van der Waals surface area contributed by atoms with Crippen LogP contribution in [0.15, 0.2) is 41.3 Å². The monoisotopic (exact) mass is 318 g/mol. The van der Waals surface area contributed by atoms with Gasteiger partial charge in [0.15, 0.2) is 11.6 Å². The van der Waals surface area contributed by atoms with E-state index in [-0.39, 0.29) is 10.6 Å². The van der Waals surface area contributed by atoms with Gasteiger partial charge in [-0.1, -0.05) is 11.6 Å². The fourth-order valence-corrected chi connectivity index (χ4v) is 2.69. The van der Waals surface area contributed by atoms with Gasteiger partial charge in [-0.3, -0.25) is 4.72 Å². The summed E-state index contributed by atoms with van der Waals surface area (Å²) in [5.74, 6) is -2.56. The van der Waals surface area contributed by atoms with Crippen LogP contribution in [-0.2, 0) is 10.0 Å². The number of rotatable bonds is 3. The Bertz CT molecular complexity index is 749. The van der Waals surface area contributed by atoms with Gasteiger partial charge in [0.1, 0.15) is 5.69 Å². The molecule has 0 aromatic heterocycles. The van der Waals surface area contributed by atoms with E-state index in [1.54, 1.807) is 0 Å². The second-order valence-electron chi connectivity index (χ2n) is 3.89. The first-order chi connectivity index (χ1) is 9.31. The van der Waals surface area contributed by atoms with E-state index in [2.05, 4.69) is 0 Å². The third kappa shape index (κ3) is 2.83. The second kappa shape index (κ2) is 5.26. The van der Waals surface area contributed by atoms with Gasteiger partial charge in [0.2, 0.25) is 0 Å². The Morgan fingerprint density at radius 1 is 1.05 bits per heavy atom. The smallest absolute Gasteiger partial charge is 0.262 e. The van der Waals surface area contributed by atoms with Crippen LogP contribution >= 0.6 is 11.6 Å². The maximum Gasteiger partial charge on any atom is 0.262 e. The molecule has 2 aromatic rings. The van der Waals surface area contributed by atoms with Crippen molar-refractivity contribution in [2.75, 3.05) is 10.5 Å². The Balaban J connectivity index is 2.43. The van der Waals surface area contributed by atoms with Gasteiger partial charge < -0.3 is 5.73 Å². The van der Waals surface area contributed by atoms with Crippen LogP contribution in [0.25, 0.3) is 0 Å². The highest BCUT2D eigenvalue weighted by molar-refractivity contribution is 7.92. The summed E-state index contributed by atoms with van der Waals surface area (Å²) in [6.45, 7) is 0. The Morgan fingerprint density at radius 3 is 2.25 bits per heavy atom. The molecule has 0 unspecified atom stereocenters. The van der Waals surface area contributed by atoms with E-state index in [4.69, 9.17) is 17.3 Å².